The highest BCUT2D eigenvalue weighted by molar-refractivity contribution is 7.89. The summed E-state index contributed by atoms with van der Waals surface area (Å²) >= 11 is 0. The molecule has 8 nitrogen and oxygen atoms in total. The second-order valence-corrected chi connectivity index (χ2v) is 9.20. The van der Waals surface area contributed by atoms with Crippen LogP contribution in [-0.2, 0) is 31.5 Å². The summed E-state index contributed by atoms with van der Waals surface area (Å²) in [6.45, 7) is 5.41. The van der Waals surface area contributed by atoms with E-state index in [0.29, 0.717) is 45.0 Å². The van der Waals surface area contributed by atoms with Gasteiger partial charge in [-0.1, -0.05) is 32.0 Å². The Balaban J connectivity index is 2.23. The van der Waals surface area contributed by atoms with Gasteiger partial charge in [0.25, 0.3) is 10.2 Å². The molecule has 25 heavy (non-hydrogen) atoms. The Morgan fingerprint density at radius 1 is 1.08 bits per heavy atom. The predicted molar refractivity (Wildman–Crippen MR) is 94.7 cm³/mol. The molecule has 0 amide bonds. The molecule has 2 rings (SSSR count). The molecule has 0 unspecified atom stereocenters. The number of ether oxygens (including phenoxy) is 1. The third-order valence-corrected chi connectivity index (χ3v) is 7.76. The Labute approximate surface area is 150 Å². The van der Waals surface area contributed by atoms with Gasteiger partial charge < -0.3 is 4.74 Å². The molecule has 1 aliphatic heterocycles. The lowest BCUT2D eigenvalue weighted by molar-refractivity contribution is 0.0730. The molecule has 0 atom stereocenters. The monoisotopic (exact) mass is 391 g/mol. The molecule has 1 aromatic rings. The van der Waals surface area contributed by atoms with Crippen LogP contribution in [0, 0.1) is 0 Å². The van der Waals surface area contributed by atoms with Gasteiger partial charge in [0.15, 0.2) is 0 Å². The van der Waals surface area contributed by atoms with E-state index < -0.39 is 20.2 Å². The first-order chi connectivity index (χ1) is 11.8. The summed E-state index contributed by atoms with van der Waals surface area (Å²) in [6, 6.07) is 6.46. The molecule has 0 aliphatic carbocycles. The van der Waals surface area contributed by atoms with Gasteiger partial charge in [0.2, 0.25) is 10.0 Å². The van der Waals surface area contributed by atoms with Crippen molar-refractivity contribution >= 4 is 20.2 Å². The third-order valence-electron chi connectivity index (χ3n) is 4.05. The second kappa shape index (κ2) is 8.56. The number of benzene rings is 1. The molecule has 1 fully saturated rings. The maximum absolute atomic E-state index is 12.9. The maximum atomic E-state index is 12.9. The van der Waals surface area contributed by atoms with Crippen LogP contribution in [0.15, 0.2) is 29.2 Å². The SMILES string of the molecule is CCN(CC)S(=O)(=O)NCc1ccccc1S(=O)(=O)N1CCOCC1. The third kappa shape index (κ3) is 4.78. The molecule has 1 saturated heterocycles. The van der Waals surface area contributed by atoms with Gasteiger partial charge in [-0.3, -0.25) is 0 Å². The van der Waals surface area contributed by atoms with E-state index in [4.69, 9.17) is 4.74 Å². The zero-order valence-corrected chi connectivity index (χ0v) is 16.1. The number of rotatable bonds is 8. The summed E-state index contributed by atoms with van der Waals surface area (Å²) < 4.78 is 60.6. The predicted octanol–water partition coefficient (Wildman–Crippen LogP) is 0.384. The van der Waals surface area contributed by atoms with Crippen molar-refractivity contribution in [1.29, 1.82) is 0 Å². The molecule has 0 aromatic heterocycles. The summed E-state index contributed by atoms with van der Waals surface area (Å²) in [6.07, 6.45) is 0. The van der Waals surface area contributed by atoms with Crippen LogP contribution in [0.5, 0.6) is 0 Å². The highest BCUT2D eigenvalue weighted by atomic mass is 32.2. The lowest BCUT2D eigenvalue weighted by Crippen LogP contribution is -2.42. The van der Waals surface area contributed by atoms with Crippen molar-refractivity contribution in [3.05, 3.63) is 29.8 Å². The van der Waals surface area contributed by atoms with Crippen molar-refractivity contribution in [1.82, 2.24) is 13.3 Å². The van der Waals surface area contributed by atoms with Crippen LogP contribution in [0.25, 0.3) is 0 Å². The van der Waals surface area contributed by atoms with Crippen LogP contribution in [-0.4, -0.2) is 64.8 Å². The first kappa shape index (κ1) is 20.3. The molecule has 1 aliphatic rings. The Hall–Kier alpha value is -1.04. The van der Waals surface area contributed by atoms with Crippen molar-refractivity contribution in [2.75, 3.05) is 39.4 Å². The van der Waals surface area contributed by atoms with E-state index in [-0.39, 0.29) is 11.4 Å². The molecule has 0 radical (unpaired) electrons. The van der Waals surface area contributed by atoms with Crippen LogP contribution in [0.1, 0.15) is 19.4 Å². The molecule has 0 spiro atoms. The van der Waals surface area contributed by atoms with Crippen molar-refractivity contribution in [3.63, 3.8) is 0 Å². The van der Waals surface area contributed by atoms with Gasteiger partial charge in [-0.25, -0.2) is 8.42 Å². The van der Waals surface area contributed by atoms with Gasteiger partial charge >= 0.3 is 0 Å². The average molecular weight is 392 g/mol. The normalized spacial score (nSPS) is 17.1. The van der Waals surface area contributed by atoms with Crippen LogP contribution >= 0.6 is 0 Å². The van der Waals surface area contributed by atoms with Gasteiger partial charge in [0.05, 0.1) is 18.1 Å². The van der Waals surface area contributed by atoms with Crippen LogP contribution in [0.4, 0.5) is 0 Å². The van der Waals surface area contributed by atoms with Crippen molar-refractivity contribution < 1.29 is 21.6 Å². The molecular weight excluding hydrogens is 366 g/mol. The molecule has 1 aromatic carbocycles. The van der Waals surface area contributed by atoms with Gasteiger partial charge in [-0.15, -0.1) is 0 Å². The first-order valence-corrected chi connectivity index (χ1v) is 11.1. The van der Waals surface area contributed by atoms with Crippen molar-refractivity contribution in [2.24, 2.45) is 0 Å². The smallest absolute Gasteiger partial charge is 0.279 e. The molecule has 0 bridgehead atoms. The van der Waals surface area contributed by atoms with Crippen LogP contribution in [0.3, 0.4) is 0 Å². The largest absolute Gasteiger partial charge is 0.379 e. The van der Waals surface area contributed by atoms with Gasteiger partial charge in [0, 0.05) is 32.7 Å². The topological polar surface area (TPSA) is 96.0 Å². The van der Waals surface area contributed by atoms with E-state index in [1.54, 1.807) is 32.0 Å². The highest BCUT2D eigenvalue weighted by Crippen LogP contribution is 2.21. The Morgan fingerprint density at radius 3 is 2.28 bits per heavy atom. The average Bonchev–Trinajstić information content (AvgIpc) is 2.62. The summed E-state index contributed by atoms with van der Waals surface area (Å²) in [5.74, 6) is 0. The molecule has 0 saturated carbocycles. The van der Waals surface area contributed by atoms with E-state index in [1.165, 1.54) is 14.7 Å². The second-order valence-electron chi connectivity index (χ2n) is 5.53. The van der Waals surface area contributed by atoms with Gasteiger partial charge in [-0.2, -0.15) is 21.8 Å². The zero-order valence-electron chi connectivity index (χ0n) is 14.5. The number of morpholine rings is 1. The molecule has 142 valence electrons. The number of hydrogen-bond acceptors (Lipinski definition) is 5. The molecule has 1 N–H and O–H groups in total. The Kier molecular flexibility index (Phi) is 6.94. The van der Waals surface area contributed by atoms with Gasteiger partial charge in [0.1, 0.15) is 0 Å². The Morgan fingerprint density at radius 2 is 1.68 bits per heavy atom. The number of nitrogens with one attached hydrogen (secondary N) is 1. The number of nitrogens with zero attached hydrogens (tertiary/aromatic N) is 2. The van der Waals surface area contributed by atoms with Crippen molar-refractivity contribution in [2.45, 2.75) is 25.3 Å². The lowest BCUT2D eigenvalue weighted by atomic mass is 10.2. The fourth-order valence-electron chi connectivity index (χ4n) is 2.65. The number of hydrogen-bond donors (Lipinski definition) is 1. The van der Waals surface area contributed by atoms with Crippen LogP contribution < -0.4 is 4.72 Å². The molecular formula is C15H25N3O5S2. The van der Waals surface area contributed by atoms with E-state index in [9.17, 15) is 16.8 Å². The minimum atomic E-state index is -3.69. The minimum absolute atomic E-state index is 0.0847. The fourth-order valence-corrected chi connectivity index (χ4v) is 5.48. The minimum Gasteiger partial charge on any atom is -0.379 e. The Bertz CT molecular complexity index is 770. The molecule has 1 heterocycles. The number of sulfonamides is 1. The highest BCUT2D eigenvalue weighted by Gasteiger charge is 2.28. The maximum Gasteiger partial charge on any atom is 0.279 e. The summed E-state index contributed by atoms with van der Waals surface area (Å²) in [4.78, 5) is 0.124. The molecule has 10 heteroatoms. The van der Waals surface area contributed by atoms with E-state index in [1.807, 2.05) is 0 Å². The summed E-state index contributed by atoms with van der Waals surface area (Å²) in [5, 5.41) is 0. The lowest BCUT2D eigenvalue weighted by Gasteiger charge is -2.27. The quantitative estimate of drug-likeness (QED) is 0.691. The van der Waals surface area contributed by atoms with E-state index >= 15 is 0 Å². The van der Waals surface area contributed by atoms with Crippen LogP contribution in [0.2, 0.25) is 0 Å². The summed E-state index contributed by atoms with van der Waals surface area (Å²) in [5.41, 5.74) is 0.421. The standard InChI is InChI=1S/C15H25N3O5S2/c1-3-17(4-2)25(21,22)16-13-14-7-5-6-8-15(14)24(19,20)18-9-11-23-12-10-18/h5-8,16H,3-4,9-13H2,1-2H3. The fraction of sp³-hybridized carbons (Fsp3) is 0.600. The van der Waals surface area contributed by atoms with Crippen molar-refractivity contribution in [3.8, 4) is 0 Å². The summed E-state index contributed by atoms with van der Waals surface area (Å²) in [7, 11) is -7.34. The first-order valence-electron chi connectivity index (χ1n) is 8.23. The van der Waals surface area contributed by atoms with E-state index in [0.717, 1.165) is 0 Å². The van der Waals surface area contributed by atoms with E-state index in [2.05, 4.69) is 4.72 Å². The van der Waals surface area contributed by atoms with Gasteiger partial charge in [-0.05, 0) is 11.6 Å². The zero-order chi connectivity index (χ0) is 18.5.